The maximum Gasteiger partial charge on any atom is 0.309 e. The highest BCUT2D eigenvalue weighted by Gasteiger charge is 2.09. The van der Waals surface area contributed by atoms with Gasteiger partial charge in [-0.05, 0) is 32.0 Å². The summed E-state index contributed by atoms with van der Waals surface area (Å²) < 4.78 is 4.99. The Labute approximate surface area is 127 Å². The van der Waals surface area contributed by atoms with Crippen LogP contribution < -0.4 is 10.2 Å². The summed E-state index contributed by atoms with van der Waals surface area (Å²) in [6, 6.07) is 6.73. The minimum absolute atomic E-state index is 0.0458. The summed E-state index contributed by atoms with van der Waals surface area (Å²) >= 11 is 0. The summed E-state index contributed by atoms with van der Waals surface area (Å²) in [5, 5.41) is 13.7. The molecular formula is C15H16N4O3. The molecule has 0 aliphatic rings. The number of nitrogens with one attached hydrogen (secondary N) is 1. The number of nitrogens with zero attached hydrogens (tertiary/aromatic N) is 3. The maximum atomic E-state index is 11.9. The van der Waals surface area contributed by atoms with Crippen LogP contribution in [0.15, 0.2) is 29.4 Å². The van der Waals surface area contributed by atoms with E-state index >= 15 is 0 Å². The van der Waals surface area contributed by atoms with Gasteiger partial charge in [0.25, 0.3) is 0 Å². The number of amides is 1. The standard InChI is InChI=1S/C15H16N4O3/c1-9-7-10(2)18-14(17-9)15(21)19-16-8-11-5-4-6-12(22-3)13(11)20/h4-8,20H,1-3H3,(H,19,21). The van der Waals surface area contributed by atoms with E-state index in [1.54, 1.807) is 38.1 Å². The number of phenols is 1. The van der Waals surface area contributed by atoms with Crippen LogP contribution in [0.2, 0.25) is 0 Å². The lowest BCUT2D eigenvalue weighted by Crippen LogP contribution is -2.21. The molecule has 1 aromatic heterocycles. The fourth-order valence-electron chi connectivity index (χ4n) is 1.85. The zero-order valence-corrected chi connectivity index (χ0v) is 12.5. The molecule has 0 aliphatic carbocycles. The van der Waals surface area contributed by atoms with Gasteiger partial charge < -0.3 is 9.84 Å². The minimum Gasteiger partial charge on any atom is -0.504 e. The third kappa shape index (κ3) is 3.57. The number of para-hydroxylation sites is 1. The second-order valence-electron chi connectivity index (χ2n) is 4.57. The summed E-state index contributed by atoms with van der Waals surface area (Å²) in [6.45, 7) is 3.56. The molecule has 7 nitrogen and oxygen atoms in total. The topological polar surface area (TPSA) is 96.7 Å². The number of methoxy groups -OCH3 is 1. The summed E-state index contributed by atoms with van der Waals surface area (Å²) in [5.41, 5.74) is 4.14. The van der Waals surface area contributed by atoms with E-state index in [9.17, 15) is 9.90 Å². The molecule has 0 bridgehead atoms. The zero-order valence-electron chi connectivity index (χ0n) is 12.5. The molecule has 1 aromatic carbocycles. The molecule has 2 aromatic rings. The molecule has 114 valence electrons. The molecule has 0 fully saturated rings. The van der Waals surface area contributed by atoms with Crippen molar-refractivity contribution in [3.05, 3.63) is 47.0 Å². The van der Waals surface area contributed by atoms with Crippen molar-refractivity contribution in [2.24, 2.45) is 5.10 Å². The van der Waals surface area contributed by atoms with Crippen LogP contribution in [0, 0.1) is 13.8 Å². The van der Waals surface area contributed by atoms with Gasteiger partial charge in [-0.25, -0.2) is 15.4 Å². The molecule has 7 heteroatoms. The van der Waals surface area contributed by atoms with E-state index in [4.69, 9.17) is 4.74 Å². The molecule has 0 atom stereocenters. The van der Waals surface area contributed by atoms with Gasteiger partial charge in [0.1, 0.15) is 0 Å². The van der Waals surface area contributed by atoms with E-state index in [1.807, 2.05) is 0 Å². The largest absolute Gasteiger partial charge is 0.504 e. The highest BCUT2D eigenvalue weighted by Crippen LogP contribution is 2.27. The van der Waals surface area contributed by atoms with E-state index in [0.717, 1.165) is 0 Å². The predicted molar refractivity (Wildman–Crippen MR) is 81.2 cm³/mol. The number of hydrazone groups is 1. The Morgan fingerprint density at radius 2 is 2.00 bits per heavy atom. The molecule has 0 unspecified atom stereocenters. The number of rotatable bonds is 4. The molecule has 0 spiro atoms. The van der Waals surface area contributed by atoms with Crippen molar-refractivity contribution in [1.82, 2.24) is 15.4 Å². The molecule has 1 heterocycles. The van der Waals surface area contributed by atoms with Crippen molar-refractivity contribution in [1.29, 1.82) is 0 Å². The van der Waals surface area contributed by atoms with E-state index < -0.39 is 5.91 Å². The van der Waals surface area contributed by atoms with Gasteiger partial charge in [0.15, 0.2) is 11.5 Å². The van der Waals surface area contributed by atoms with Gasteiger partial charge in [-0.1, -0.05) is 6.07 Å². The van der Waals surface area contributed by atoms with Gasteiger partial charge in [-0.2, -0.15) is 5.10 Å². The smallest absolute Gasteiger partial charge is 0.309 e. The first-order valence-electron chi connectivity index (χ1n) is 6.53. The number of aryl methyl sites for hydroxylation is 2. The Balaban J connectivity index is 2.11. The average Bonchev–Trinajstić information content (AvgIpc) is 2.48. The predicted octanol–water partition coefficient (Wildman–Crippen LogP) is 1.57. The monoisotopic (exact) mass is 300 g/mol. The first kappa shape index (κ1) is 15.4. The van der Waals surface area contributed by atoms with Gasteiger partial charge in [-0.15, -0.1) is 0 Å². The van der Waals surface area contributed by atoms with Gasteiger partial charge in [-0.3, -0.25) is 4.79 Å². The molecule has 1 amide bonds. The average molecular weight is 300 g/mol. The SMILES string of the molecule is COc1cccc(C=NNC(=O)c2nc(C)cc(C)n2)c1O. The number of aromatic nitrogens is 2. The van der Waals surface area contributed by atoms with Crippen molar-refractivity contribution in [2.75, 3.05) is 7.11 Å². The fourth-order valence-corrected chi connectivity index (χ4v) is 1.85. The zero-order chi connectivity index (χ0) is 16.1. The second kappa shape index (κ2) is 6.66. The lowest BCUT2D eigenvalue weighted by Gasteiger charge is -2.05. The van der Waals surface area contributed by atoms with Crippen molar-refractivity contribution in [3.63, 3.8) is 0 Å². The molecule has 0 radical (unpaired) electrons. The number of phenolic OH excluding ortho intramolecular Hbond substituents is 1. The number of aromatic hydroxyl groups is 1. The molecule has 0 aliphatic heterocycles. The molecule has 2 rings (SSSR count). The van der Waals surface area contributed by atoms with Crippen molar-refractivity contribution in [3.8, 4) is 11.5 Å². The Kier molecular flexibility index (Phi) is 4.67. The van der Waals surface area contributed by atoms with E-state index in [1.165, 1.54) is 13.3 Å². The van der Waals surface area contributed by atoms with Crippen LogP contribution in [-0.2, 0) is 0 Å². The number of carbonyl (C=O) groups is 1. The molecular weight excluding hydrogens is 284 g/mol. The fraction of sp³-hybridized carbons (Fsp3) is 0.200. The van der Waals surface area contributed by atoms with Gasteiger partial charge in [0.2, 0.25) is 5.82 Å². The van der Waals surface area contributed by atoms with Crippen molar-refractivity contribution in [2.45, 2.75) is 13.8 Å². The second-order valence-corrected chi connectivity index (χ2v) is 4.57. The normalized spacial score (nSPS) is 10.7. The molecule has 2 N–H and O–H groups in total. The van der Waals surface area contributed by atoms with Crippen molar-refractivity contribution < 1.29 is 14.6 Å². The van der Waals surface area contributed by atoms with Crippen LogP contribution in [0.4, 0.5) is 0 Å². The van der Waals surface area contributed by atoms with Crippen LogP contribution in [0.1, 0.15) is 27.6 Å². The Hall–Kier alpha value is -2.96. The van der Waals surface area contributed by atoms with E-state index in [2.05, 4.69) is 20.5 Å². The van der Waals surface area contributed by atoms with Crippen LogP contribution in [0.3, 0.4) is 0 Å². The lowest BCUT2D eigenvalue weighted by atomic mass is 10.2. The van der Waals surface area contributed by atoms with Crippen LogP contribution >= 0.6 is 0 Å². The molecule has 22 heavy (non-hydrogen) atoms. The Bertz CT molecular complexity index is 708. The minimum atomic E-state index is -0.523. The van der Waals surface area contributed by atoms with Crippen molar-refractivity contribution >= 4 is 12.1 Å². The number of hydrogen-bond donors (Lipinski definition) is 2. The number of benzene rings is 1. The molecule has 0 saturated heterocycles. The van der Waals surface area contributed by atoms with E-state index in [-0.39, 0.29) is 11.6 Å². The van der Waals surface area contributed by atoms with Crippen LogP contribution in [-0.4, -0.2) is 34.3 Å². The lowest BCUT2D eigenvalue weighted by molar-refractivity contribution is 0.0944. The highest BCUT2D eigenvalue weighted by molar-refractivity contribution is 5.92. The summed E-state index contributed by atoms with van der Waals surface area (Å²) in [5.74, 6) is -0.200. The van der Waals surface area contributed by atoms with Gasteiger partial charge >= 0.3 is 5.91 Å². The van der Waals surface area contributed by atoms with Crippen LogP contribution in [0.5, 0.6) is 11.5 Å². The first-order valence-corrected chi connectivity index (χ1v) is 6.53. The first-order chi connectivity index (χ1) is 10.5. The summed E-state index contributed by atoms with van der Waals surface area (Å²) in [7, 11) is 1.45. The number of hydrogen-bond acceptors (Lipinski definition) is 6. The quantitative estimate of drug-likeness (QED) is 0.660. The number of carbonyl (C=O) groups excluding carboxylic acids is 1. The maximum absolute atomic E-state index is 11.9. The number of ether oxygens (including phenoxy) is 1. The van der Waals surface area contributed by atoms with Gasteiger partial charge in [0.05, 0.1) is 13.3 Å². The molecule has 0 saturated carbocycles. The third-order valence-corrected chi connectivity index (χ3v) is 2.81. The van der Waals surface area contributed by atoms with E-state index in [0.29, 0.717) is 22.7 Å². The third-order valence-electron chi connectivity index (χ3n) is 2.81. The Morgan fingerprint density at radius 3 is 2.64 bits per heavy atom. The van der Waals surface area contributed by atoms with Gasteiger partial charge in [0, 0.05) is 17.0 Å². The Morgan fingerprint density at radius 1 is 1.32 bits per heavy atom. The summed E-state index contributed by atoms with van der Waals surface area (Å²) in [6.07, 6.45) is 1.32. The highest BCUT2D eigenvalue weighted by atomic mass is 16.5. The van der Waals surface area contributed by atoms with Crippen LogP contribution in [0.25, 0.3) is 0 Å². The summed E-state index contributed by atoms with van der Waals surface area (Å²) in [4.78, 5) is 20.0.